The van der Waals surface area contributed by atoms with Gasteiger partial charge in [-0.1, -0.05) is 43.7 Å². The van der Waals surface area contributed by atoms with E-state index in [2.05, 4.69) is 16.7 Å². The normalized spacial score (nSPS) is 17.3. The van der Waals surface area contributed by atoms with Crippen LogP contribution < -0.4 is 16.4 Å². The Balaban J connectivity index is 1.71. The number of carbonyl (C=O) groups excluding carboxylic acids is 1. The molecule has 8 heteroatoms. The zero-order chi connectivity index (χ0) is 23.1. The lowest BCUT2D eigenvalue weighted by Gasteiger charge is -2.23. The second-order valence-corrected chi connectivity index (χ2v) is 10.2. The predicted octanol–water partition coefficient (Wildman–Crippen LogP) is 2.81. The predicted molar refractivity (Wildman–Crippen MR) is 126 cm³/mol. The molecule has 0 bridgehead atoms. The van der Waals surface area contributed by atoms with Crippen molar-refractivity contribution in [1.29, 1.82) is 5.26 Å². The third kappa shape index (κ3) is 5.87. The van der Waals surface area contributed by atoms with Gasteiger partial charge in [0.15, 0.2) is 9.84 Å². The smallest absolute Gasteiger partial charge is 0.238 e. The summed E-state index contributed by atoms with van der Waals surface area (Å²) in [5.74, 6) is -0.0763. The molecule has 1 aliphatic heterocycles. The number of piperidine rings is 1. The molecule has 0 spiro atoms. The standard InChI is InChI=1S/C24H30N4O3S/c1-2-13-32(30,31)23-15-19(10-11-21(23)26)18-8-6-17(7-9-18)14-20(16-25)28-24(29)22-5-3-4-12-27-22/h6-11,15,20,22,27H,2-5,12-14,26H2,1H3,(H,28,29)/t20-,22-/m0/s1. The van der Waals surface area contributed by atoms with Crippen molar-refractivity contribution in [2.24, 2.45) is 0 Å². The molecule has 0 aromatic heterocycles. The summed E-state index contributed by atoms with van der Waals surface area (Å²) in [7, 11) is -3.43. The number of amides is 1. The Labute approximate surface area is 189 Å². The van der Waals surface area contributed by atoms with Gasteiger partial charge in [-0.15, -0.1) is 0 Å². The molecule has 0 unspecified atom stereocenters. The van der Waals surface area contributed by atoms with Crippen LogP contribution in [0.1, 0.15) is 38.2 Å². The minimum Gasteiger partial charge on any atom is -0.398 e. The maximum atomic E-state index is 12.5. The third-order valence-electron chi connectivity index (χ3n) is 5.65. The van der Waals surface area contributed by atoms with Gasteiger partial charge in [-0.25, -0.2) is 8.42 Å². The maximum Gasteiger partial charge on any atom is 0.238 e. The van der Waals surface area contributed by atoms with Gasteiger partial charge in [-0.2, -0.15) is 5.26 Å². The molecule has 32 heavy (non-hydrogen) atoms. The van der Waals surface area contributed by atoms with E-state index in [1.807, 2.05) is 31.2 Å². The van der Waals surface area contributed by atoms with E-state index in [-0.39, 0.29) is 28.3 Å². The molecule has 2 aromatic carbocycles. The molecule has 3 rings (SSSR count). The lowest BCUT2D eigenvalue weighted by atomic mass is 10.00. The molecule has 0 aliphatic carbocycles. The van der Waals surface area contributed by atoms with Crippen molar-refractivity contribution in [3.05, 3.63) is 48.0 Å². The highest BCUT2D eigenvalue weighted by atomic mass is 32.2. The van der Waals surface area contributed by atoms with Crippen molar-refractivity contribution in [2.45, 2.75) is 56.0 Å². The van der Waals surface area contributed by atoms with Gasteiger partial charge in [-0.3, -0.25) is 4.79 Å². The molecule has 170 valence electrons. The van der Waals surface area contributed by atoms with Crippen molar-refractivity contribution in [1.82, 2.24) is 10.6 Å². The molecule has 1 aliphatic rings. The first-order chi connectivity index (χ1) is 15.3. The number of sulfone groups is 1. The van der Waals surface area contributed by atoms with Crippen LogP contribution in [0.25, 0.3) is 11.1 Å². The van der Waals surface area contributed by atoms with E-state index in [9.17, 15) is 18.5 Å². The van der Waals surface area contributed by atoms with Crippen LogP contribution in [0.5, 0.6) is 0 Å². The van der Waals surface area contributed by atoms with Crippen LogP contribution in [0.3, 0.4) is 0 Å². The lowest BCUT2D eigenvalue weighted by Crippen LogP contribution is -2.49. The van der Waals surface area contributed by atoms with Gasteiger partial charge in [0.25, 0.3) is 0 Å². The highest BCUT2D eigenvalue weighted by molar-refractivity contribution is 7.91. The van der Waals surface area contributed by atoms with Crippen LogP contribution in [0.4, 0.5) is 5.69 Å². The van der Waals surface area contributed by atoms with Crippen LogP contribution in [0, 0.1) is 11.3 Å². The molecule has 1 fully saturated rings. The number of rotatable bonds is 8. The minimum atomic E-state index is -3.43. The van der Waals surface area contributed by atoms with Gasteiger partial charge in [0, 0.05) is 6.42 Å². The Kier molecular flexibility index (Phi) is 7.89. The summed E-state index contributed by atoms with van der Waals surface area (Å²) < 4.78 is 25.0. The van der Waals surface area contributed by atoms with E-state index < -0.39 is 15.9 Å². The summed E-state index contributed by atoms with van der Waals surface area (Å²) in [5, 5.41) is 15.5. The molecule has 4 N–H and O–H groups in total. The topological polar surface area (TPSA) is 125 Å². The van der Waals surface area contributed by atoms with Crippen molar-refractivity contribution in [2.75, 3.05) is 18.0 Å². The van der Waals surface area contributed by atoms with Crippen LogP contribution in [0.15, 0.2) is 47.4 Å². The molecule has 2 aromatic rings. The summed E-state index contributed by atoms with van der Waals surface area (Å²) in [6.07, 6.45) is 3.78. The first kappa shape index (κ1) is 23.8. The summed E-state index contributed by atoms with van der Waals surface area (Å²) >= 11 is 0. The van der Waals surface area contributed by atoms with E-state index in [0.29, 0.717) is 12.8 Å². The number of nitrogens with two attached hydrogens (primary N) is 1. The Hall–Kier alpha value is -2.89. The number of carbonyl (C=O) groups is 1. The molecule has 1 amide bonds. The van der Waals surface area contributed by atoms with Gasteiger partial charge in [0.2, 0.25) is 5.91 Å². The second kappa shape index (κ2) is 10.6. The van der Waals surface area contributed by atoms with E-state index in [4.69, 9.17) is 5.73 Å². The monoisotopic (exact) mass is 454 g/mol. The van der Waals surface area contributed by atoms with Crippen molar-refractivity contribution in [3.8, 4) is 17.2 Å². The van der Waals surface area contributed by atoms with Crippen LogP contribution >= 0.6 is 0 Å². The van der Waals surface area contributed by atoms with Crippen molar-refractivity contribution in [3.63, 3.8) is 0 Å². The fourth-order valence-corrected chi connectivity index (χ4v) is 5.40. The molecule has 1 saturated heterocycles. The lowest BCUT2D eigenvalue weighted by molar-refractivity contribution is -0.124. The van der Waals surface area contributed by atoms with Crippen molar-refractivity contribution >= 4 is 21.4 Å². The fraction of sp³-hybridized carbons (Fsp3) is 0.417. The Morgan fingerprint density at radius 2 is 1.94 bits per heavy atom. The van der Waals surface area contributed by atoms with Crippen molar-refractivity contribution < 1.29 is 13.2 Å². The second-order valence-electron chi connectivity index (χ2n) is 8.17. The van der Waals surface area contributed by atoms with Gasteiger partial charge in [-0.05, 0) is 54.6 Å². The maximum absolute atomic E-state index is 12.5. The number of benzene rings is 2. The molecule has 0 radical (unpaired) electrons. The van der Waals surface area contributed by atoms with Gasteiger partial charge in [0.05, 0.1) is 28.4 Å². The Morgan fingerprint density at radius 3 is 2.56 bits per heavy atom. The largest absolute Gasteiger partial charge is 0.398 e. The third-order valence-corrected chi connectivity index (χ3v) is 7.62. The summed E-state index contributed by atoms with van der Waals surface area (Å²) in [6, 6.07) is 13.9. The molecule has 0 saturated carbocycles. The Bertz CT molecular complexity index is 1090. The number of hydrogen-bond donors (Lipinski definition) is 3. The average Bonchev–Trinajstić information content (AvgIpc) is 2.80. The molecule has 2 atom stereocenters. The number of nitrogens with one attached hydrogen (secondary N) is 2. The number of nitriles is 1. The highest BCUT2D eigenvalue weighted by Gasteiger charge is 2.23. The summed E-state index contributed by atoms with van der Waals surface area (Å²) in [4.78, 5) is 12.6. The molecule has 7 nitrogen and oxygen atoms in total. The average molecular weight is 455 g/mol. The first-order valence-electron chi connectivity index (χ1n) is 11.0. The molecular formula is C24H30N4O3S. The van der Waals surface area contributed by atoms with Crippen LogP contribution in [0.2, 0.25) is 0 Å². The van der Waals surface area contributed by atoms with Gasteiger partial charge >= 0.3 is 0 Å². The fourth-order valence-electron chi connectivity index (χ4n) is 3.91. The van der Waals surface area contributed by atoms with Gasteiger partial charge < -0.3 is 16.4 Å². The SMILES string of the molecule is CCCS(=O)(=O)c1cc(-c2ccc(C[C@@H](C#N)NC(=O)[C@@H]3CCCCN3)cc2)ccc1N. The number of nitrogens with zero attached hydrogens (tertiary/aromatic N) is 1. The van der Waals surface area contributed by atoms with Gasteiger partial charge in [0.1, 0.15) is 6.04 Å². The summed E-state index contributed by atoms with van der Waals surface area (Å²) in [6.45, 7) is 2.64. The van der Waals surface area contributed by atoms with E-state index in [1.165, 1.54) is 0 Å². The first-order valence-corrected chi connectivity index (χ1v) is 12.6. The highest BCUT2D eigenvalue weighted by Crippen LogP contribution is 2.28. The van der Waals surface area contributed by atoms with E-state index >= 15 is 0 Å². The van der Waals surface area contributed by atoms with Crippen LogP contribution in [-0.4, -0.2) is 38.7 Å². The van der Waals surface area contributed by atoms with E-state index in [0.717, 1.165) is 42.5 Å². The van der Waals surface area contributed by atoms with E-state index in [1.54, 1.807) is 18.2 Å². The quantitative estimate of drug-likeness (QED) is 0.527. The minimum absolute atomic E-state index is 0.0528. The number of anilines is 1. The zero-order valence-corrected chi connectivity index (χ0v) is 19.1. The number of hydrogen-bond acceptors (Lipinski definition) is 6. The Morgan fingerprint density at radius 1 is 1.22 bits per heavy atom. The zero-order valence-electron chi connectivity index (χ0n) is 18.3. The molecule has 1 heterocycles. The van der Waals surface area contributed by atoms with Crippen LogP contribution in [-0.2, 0) is 21.1 Å². The summed E-state index contributed by atoms with van der Waals surface area (Å²) in [5.41, 5.74) is 8.69. The number of nitrogen functional groups attached to an aromatic ring is 1. The molecular weight excluding hydrogens is 424 g/mol.